The predicted molar refractivity (Wildman–Crippen MR) is 147 cm³/mol. The Kier molecular flexibility index (Phi) is 8.76. The summed E-state index contributed by atoms with van der Waals surface area (Å²) in [6, 6.07) is 21.5. The minimum Gasteiger partial charge on any atom is -0.426 e. The number of carbonyl (C=O) groups excluding carboxylic acids is 1. The number of nitrogens with one attached hydrogen (secondary N) is 1. The molecule has 0 saturated heterocycles. The number of ether oxygens (including phenoxy) is 1. The standard InChI is InChI=1S/C30H31NO6S/c1-21-12-15-25(16-13-21)38(34,35)31-18-8-4-7-11-29(32)36-24-14-17-26-22(2)27(30(33)37-28(26)20-24)19-23-9-5-3-6-10-23/h3,5-6,9-10,12-17,20,31H,4,7-8,11,18-19H2,1-2H3. The molecule has 4 rings (SSSR count). The summed E-state index contributed by atoms with van der Waals surface area (Å²) >= 11 is 0. The first-order valence-corrected chi connectivity index (χ1v) is 14.1. The van der Waals surface area contributed by atoms with Crippen LogP contribution in [0.4, 0.5) is 0 Å². The van der Waals surface area contributed by atoms with Crippen LogP contribution in [0.5, 0.6) is 5.75 Å². The molecule has 0 fully saturated rings. The molecule has 1 aromatic heterocycles. The molecule has 1 heterocycles. The van der Waals surface area contributed by atoms with Crippen LogP contribution in [-0.2, 0) is 21.2 Å². The molecule has 3 aromatic carbocycles. The molecule has 8 heteroatoms. The third-order valence-electron chi connectivity index (χ3n) is 6.40. The first-order valence-electron chi connectivity index (χ1n) is 12.6. The van der Waals surface area contributed by atoms with Gasteiger partial charge in [0.2, 0.25) is 10.0 Å². The van der Waals surface area contributed by atoms with Crippen LogP contribution in [0.2, 0.25) is 0 Å². The normalized spacial score (nSPS) is 11.5. The van der Waals surface area contributed by atoms with Gasteiger partial charge in [-0.3, -0.25) is 4.79 Å². The first-order chi connectivity index (χ1) is 18.2. The highest BCUT2D eigenvalue weighted by Crippen LogP contribution is 2.25. The quantitative estimate of drug-likeness (QED) is 0.119. The van der Waals surface area contributed by atoms with Gasteiger partial charge in [-0.25, -0.2) is 17.9 Å². The number of hydrogen-bond acceptors (Lipinski definition) is 6. The lowest BCUT2D eigenvalue weighted by atomic mass is 10.00. The van der Waals surface area contributed by atoms with Crippen LogP contribution >= 0.6 is 0 Å². The van der Waals surface area contributed by atoms with E-state index in [2.05, 4.69) is 4.72 Å². The summed E-state index contributed by atoms with van der Waals surface area (Å²) in [4.78, 5) is 25.2. The smallest absolute Gasteiger partial charge is 0.340 e. The lowest BCUT2D eigenvalue weighted by molar-refractivity contribution is -0.134. The van der Waals surface area contributed by atoms with Crippen molar-refractivity contribution in [2.75, 3.05) is 6.54 Å². The summed E-state index contributed by atoms with van der Waals surface area (Å²) in [7, 11) is -3.54. The first kappa shape index (κ1) is 27.3. The molecule has 0 bridgehead atoms. The second kappa shape index (κ2) is 12.2. The van der Waals surface area contributed by atoms with Crippen LogP contribution in [0.25, 0.3) is 11.0 Å². The van der Waals surface area contributed by atoms with Crippen molar-refractivity contribution in [3.8, 4) is 5.75 Å². The van der Waals surface area contributed by atoms with Crippen molar-refractivity contribution in [1.29, 1.82) is 0 Å². The summed E-state index contributed by atoms with van der Waals surface area (Å²) in [6.07, 6.45) is 2.51. The van der Waals surface area contributed by atoms with Gasteiger partial charge in [-0.05, 0) is 62.1 Å². The molecule has 0 unspecified atom stereocenters. The number of esters is 1. The molecule has 0 amide bonds. The highest BCUT2D eigenvalue weighted by atomic mass is 32.2. The zero-order valence-electron chi connectivity index (χ0n) is 21.5. The van der Waals surface area contributed by atoms with Gasteiger partial charge in [0, 0.05) is 36.4 Å². The van der Waals surface area contributed by atoms with Crippen LogP contribution in [-0.4, -0.2) is 20.9 Å². The Morgan fingerprint density at radius 3 is 2.39 bits per heavy atom. The third kappa shape index (κ3) is 6.96. The molecule has 0 aliphatic carbocycles. The van der Waals surface area contributed by atoms with Gasteiger partial charge in [0.1, 0.15) is 11.3 Å². The molecule has 0 aliphatic rings. The lowest BCUT2D eigenvalue weighted by Gasteiger charge is -2.10. The minimum absolute atomic E-state index is 0.196. The molecule has 7 nitrogen and oxygen atoms in total. The highest BCUT2D eigenvalue weighted by molar-refractivity contribution is 7.89. The van der Waals surface area contributed by atoms with Gasteiger partial charge in [-0.15, -0.1) is 0 Å². The summed E-state index contributed by atoms with van der Waals surface area (Å²) in [5, 5.41) is 0.795. The third-order valence-corrected chi connectivity index (χ3v) is 7.87. The molecule has 0 radical (unpaired) electrons. The van der Waals surface area contributed by atoms with Gasteiger partial charge in [0.05, 0.1) is 4.90 Å². The topological polar surface area (TPSA) is 103 Å². The predicted octanol–water partition coefficient (Wildman–Crippen LogP) is 5.44. The van der Waals surface area contributed by atoms with Crippen LogP contribution in [0, 0.1) is 13.8 Å². The molecule has 0 saturated carbocycles. The van der Waals surface area contributed by atoms with E-state index in [-0.39, 0.29) is 11.3 Å². The van der Waals surface area contributed by atoms with Crippen molar-refractivity contribution in [1.82, 2.24) is 4.72 Å². The molecule has 1 N–H and O–H groups in total. The van der Waals surface area contributed by atoms with E-state index in [4.69, 9.17) is 9.15 Å². The largest absolute Gasteiger partial charge is 0.426 e. The average Bonchev–Trinajstić information content (AvgIpc) is 2.89. The minimum atomic E-state index is -3.54. The second-order valence-electron chi connectivity index (χ2n) is 9.31. The van der Waals surface area contributed by atoms with E-state index >= 15 is 0 Å². The molecule has 198 valence electrons. The highest BCUT2D eigenvalue weighted by Gasteiger charge is 2.15. The molecule has 0 atom stereocenters. The maximum absolute atomic E-state index is 12.7. The van der Waals surface area contributed by atoms with Crippen LogP contribution in [0.3, 0.4) is 0 Å². The van der Waals surface area contributed by atoms with Crippen molar-refractivity contribution < 1.29 is 22.4 Å². The van der Waals surface area contributed by atoms with Gasteiger partial charge in [-0.2, -0.15) is 0 Å². The van der Waals surface area contributed by atoms with E-state index in [0.717, 1.165) is 22.1 Å². The van der Waals surface area contributed by atoms with Gasteiger partial charge >= 0.3 is 11.6 Å². The molecule has 38 heavy (non-hydrogen) atoms. The summed E-state index contributed by atoms with van der Waals surface area (Å²) in [5.74, 6) is -0.0870. The van der Waals surface area contributed by atoms with Gasteiger partial charge in [0.15, 0.2) is 0 Å². The number of sulfonamides is 1. The number of fused-ring (bicyclic) bond motifs is 1. The van der Waals surface area contributed by atoms with Crippen LogP contribution in [0.1, 0.15) is 47.9 Å². The zero-order chi connectivity index (χ0) is 27.1. The van der Waals surface area contributed by atoms with E-state index in [1.165, 1.54) is 0 Å². The molecule has 0 aliphatic heterocycles. The fraction of sp³-hybridized carbons (Fsp3) is 0.267. The molecule has 0 spiro atoms. The van der Waals surface area contributed by atoms with Gasteiger partial charge < -0.3 is 9.15 Å². The second-order valence-corrected chi connectivity index (χ2v) is 11.1. The van der Waals surface area contributed by atoms with Crippen molar-refractivity contribution in [2.45, 2.75) is 50.8 Å². The number of hydrogen-bond donors (Lipinski definition) is 1. The van der Waals surface area contributed by atoms with Gasteiger partial charge in [0.25, 0.3) is 0 Å². The fourth-order valence-corrected chi connectivity index (χ4v) is 5.28. The maximum atomic E-state index is 12.7. The summed E-state index contributed by atoms with van der Waals surface area (Å²) < 4.78 is 38.2. The number of carbonyl (C=O) groups is 1. The summed E-state index contributed by atoms with van der Waals surface area (Å²) in [6.45, 7) is 4.08. The van der Waals surface area contributed by atoms with Crippen molar-refractivity contribution >= 4 is 27.0 Å². The van der Waals surface area contributed by atoms with Crippen molar-refractivity contribution in [3.63, 3.8) is 0 Å². The summed E-state index contributed by atoms with van der Waals surface area (Å²) in [5.41, 5.74) is 3.44. The SMILES string of the molecule is Cc1ccc(S(=O)(=O)NCCCCCC(=O)Oc2ccc3c(C)c(Cc4ccccc4)c(=O)oc3c2)cc1. The Morgan fingerprint density at radius 1 is 0.921 bits per heavy atom. The Morgan fingerprint density at radius 2 is 1.66 bits per heavy atom. The van der Waals surface area contributed by atoms with E-state index in [1.54, 1.807) is 42.5 Å². The van der Waals surface area contributed by atoms with E-state index < -0.39 is 21.6 Å². The van der Waals surface area contributed by atoms with E-state index in [0.29, 0.717) is 49.1 Å². The molecular formula is C30H31NO6S. The average molecular weight is 534 g/mol. The number of rotatable bonds is 11. The fourth-order valence-electron chi connectivity index (χ4n) is 4.20. The number of aryl methyl sites for hydroxylation is 2. The van der Waals surface area contributed by atoms with Crippen LogP contribution in [0.15, 0.2) is 86.9 Å². The van der Waals surface area contributed by atoms with Gasteiger partial charge in [-0.1, -0.05) is 54.4 Å². The Balaban J connectivity index is 1.26. The number of benzene rings is 3. The Bertz CT molecular complexity index is 1580. The Labute approximate surface area is 222 Å². The van der Waals surface area contributed by atoms with Crippen LogP contribution < -0.4 is 15.1 Å². The molecule has 4 aromatic rings. The number of unbranched alkanes of at least 4 members (excludes halogenated alkanes) is 2. The Hall–Kier alpha value is -3.75. The van der Waals surface area contributed by atoms with Crippen molar-refractivity contribution in [3.05, 3.63) is 105 Å². The van der Waals surface area contributed by atoms with E-state index in [1.807, 2.05) is 44.2 Å². The monoisotopic (exact) mass is 533 g/mol. The maximum Gasteiger partial charge on any atom is 0.340 e. The zero-order valence-corrected chi connectivity index (χ0v) is 22.3. The van der Waals surface area contributed by atoms with Crippen molar-refractivity contribution in [2.24, 2.45) is 0 Å². The molecular weight excluding hydrogens is 502 g/mol. The lowest BCUT2D eigenvalue weighted by Crippen LogP contribution is -2.24. The van der Waals surface area contributed by atoms with E-state index in [9.17, 15) is 18.0 Å².